The average Bonchev–Trinajstić information content (AvgIpc) is 2.97. The number of phenolic OH excluding ortho intramolecular Hbond substituents is 1. The third kappa shape index (κ3) is 3.34. The lowest BCUT2D eigenvalue weighted by Gasteiger charge is -2.15. The van der Waals surface area contributed by atoms with Gasteiger partial charge in [-0.1, -0.05) is 71.7 Å². The van der Waals surface area contributed by atoms with Crippen LogP contribution in [-0.4, -0.2) is 17.8 Å². The molecule has 0 atom stereocenters. The second kappa shape index (κ2) is 7.14. The van der Waals surface area contributed by atoms with Gasteiger partial charge in [0.05, 0.1) is 15.7 Å². The van der Waals surface area contributed by atoms with Gasteiger partial charge in [-0.3, -0.25) is 5.32 Å². The predicted molar refractivity (Wildman–Crippen MR) is 107 cm³/mol. The number of halogens is 2. The first-order chi connectivity index (χ1) is 13.0. The second-order valence-electron chi connectivity index (χ2n) is 6.23. The van der Waals surface area contributed by atoms with E-state index in [1.54, 1.807) is 0 Å². The van der Waals surface area contributed by atoms with E-state index in [1.165, 1.54) is 12.1 Å². The number of hydrogen-bond acceptors (Lipinski definition) is 3. The Hall–Kier alpha value is -2.69. The average molecular weight is 400 g/mol. The number of carbonyl (C=O) groups is 1. The minimum Gasteiger partial charge on any atom is -0.508 e. The van der Waals surface area contributed by atoms with Crippen LogP contribution in [0.2, 0.25) is 10.0 Å². The molecule has 1 aliphatic rings. The number of phenols is 1. The highest BCUT2D eigenvalue weighted by Crippen LogP contribution is 2.44. The lowest BCUT2D eigenvalue weighted by molar-refractivity contribution is 0.158. The molecule has 4 nitrogen and oxygen atoms in total. The van der Waals surface area contributed by atoms with Crippen molar-refractivity contribution in [2.45, 2.75) is 5.92 Å². The van der Waals surface area contributed by atoms with E-state index in [2.05, 4.69) is 29.6 Å². The third-order valence-corrected chi connectivity index (χ3v) is 5.19. The van der Waals surface area contributed by atoms with Crippen molar-refractivity contribution in [3.63, 3.8) is 0 Å². The van der Waals surface area contributed by atoms with Gasteiger partial charge in [-0.05, 0) is 22.3 Å². The Kier molecular flexibility index (Phi) is 4.68. The largest absolute Gasteiger partial charge is 0.508 e. The van der Waals surface area contributed by atoms with Crippen LogP contribution >= 0.6 is 23.2 Å². The zero-order valence-electron chi connectivity index (χ0n) is 14.1. The summed E-state index contributed by atoms with van der Waals surface area (Å²) in [6.45, 7) is 0.188. The smallest absolute Gasteiger partial charge is 0.411 e. The molecule has 0 spiro atoms. The highest BCUT2D eigenvalue weighted by atomic mass is 35.5. The Morgan fingerprint density at radius 2 is 1.48 bits per heavy atom. The first-order valence-electron chi connectivity index (χ1n) is 8.34. The summed E-state index contributed by atoms with van der Waals surface area (Å²) in [5.41, 5.74) is 4.78. The molecule has 0 saturated heterocycles. The first-order valence-corrected chi connectivity index (χ1v) is 9.10. The first kappa shape index (κ1) is 17.7. The molecule has 0 unspecified atom stereocenters. The van der Waals surface area contributed by atoms with Crippen molar-refractivity contribution in [2.75, 3.05) is 11.9 Å². The van der Waals surface area contributed by atoms with Gasteiger partial charge in [-0.25, -0.2) is 4.79 Å². The van der Waals surface area contributed by atoms with Crippen LogP contribution in [-0.2, 0) is 4.74 Å². The zero-order chi connectivity index (χ0) is 19.0. The minimum atomic E-state index is -0.661. The summed E-state index contributed by atoms with van der Waals surface area (Å²) in [4.78, 5) is 12.3. The highest BCUT2D eigenvalue weighted by molar-refractivity contribution is 6.39. The Labute approximate surface area is 166 Å². The maximum absolute atomic E-state index is 12.3. The molecule has 136 valence electrons. The molecule has 1 amide bonds. The molecule has 0 aromatic heterocycles. The van der Waals surface area contributed by atoms with Crippen LogP contribution in [0.15, 0.2) is 60.7 Å². The number of benzene rings is 3. The number of rotatable bonds is 3. The van der Waals surface area contributed by atoms with Crippen LogP contribution in [0.3, 0.4) is 0 Å². The summed E-state index contributed by atoms with van der Waals surface area (Å²) >= 11 is 12.1. The Balaban J connectivity index is 1.52. The fourth-order valence-corrected chi connectivity index (χ4v) is 3.99. The second-order valence-corrected chi connectivity index (χ2v) is 7.05. The van der Waals surface area contributed by atoms with E-state index in [-0.39, 0.29) is 34.0 Å². The van der Waals surface area contributed by atoms with Crippen molar-refractivity contribution in [1.29, 1.82) is 0 Å². The van der Waals surface area contributed by atoms with Gasteiger partial charge in [0.2, 0.25) is 0 Å². The summed E-state index contributed by atoms with van der Waals surface area (Å²) in [7, 11) is 0. The maximum atomic E-state index is 12.3. The molecule has 0 bridgehead atoms. The summed E-state index contributed by atoms with van der Waals surface area (Å²) in [5, 5.41) is 12.3. The Bertz CT molecular complexity index is 967. The molecule has 0 radical (unpaired) electrons. The number of anilines is 1. The molecule has 27 heavy (non-hydrogen) atoms. The van der Waals surface area contributed by atoms with Gasteiger partial charge < -0.3 is 9.84 Å². The normalized spacial score (nSPS) is 12.4. The number of fused-ring (bicyclic) bond motifs is 3. The van der Waals surface area contributed by atoms with Gasteiger partial charge in [-0.2, -0.15) is 0 Å². The zero-order valence-corrected chi connectivity index (χ0v) is 15.6. The van der Waals surface area contributed by atoms with Crippen molar-refractivity contribution in [3.8, 4) is 16.9 Å². The molecule has 0 fully saturated rings. The van der Waals surface area contributed by atoms with Crippen LogP contribution < -0.4 is 5.32 Å². The Morgan fingerprint density at radius 3 is 2.04 bits per heavy atom. The molecule has 1 aliphatic carbocycles. The number of hydrogen-bond donors (Lipinski definition) is 2. The standard InChI is InChI=1S/C21H15Cl2NO3/c22-18-9-12(25)10-19(23)20(18)24-21(26)27-11-17-15-7-3-1-5-13(15)14-6-2-4-8-16(14)17/h1-10,17,25H,11H2,(H,24,26). The minimum absolute atomic E-state index is 0.0334. The van der Waals surface area contributed by atoms with Crippen LogP contribution in [0.4, 0.5) is 10.5 Å². The summed E-state index contributed by atoms with van der Waals surface area (Å²) in [6.07, 6.45) is -0.661. The summed E-state index contributed by atoms with van der Waals surface area (Å²) in [6, 6.07) is 18.8. The molecule has 0 heterocycles. The van der Waals surface area contributed by atoms with E-state index in [4.69, 9.17) is 27.9 Å². The van der Waals surface area contributed by atoms with Crippen LogP contribution in [0.5, 0.6) is 5.75 Å². The quantitative estimate of drug-likeness (QED) is 0.526. The van der Waals surface area contributed by atoms with E-state index in [9.17, 15) is 9.90 Å². The molecule has 4 rings (SSSR count). The molecular formula is C21H15Cl2NO3. The van der Waals surface area contributed by atoms with E-state index in [1.807, 2.05) is 24.3 Å². The molecule has 2 N–H and O–H groups in total. The molecule has 3 aromatic rings. The van der Waals surface area contributed by atoms with Crippen molar-refractivity contribution >= 4 is 35.0 Å². The topological polar surface area (TPSA) is 58.6 Å². The van der Waals surface area contributed by atoms with E-state index in [0.717, 1.165) is 22.3 Å². The number of ether oxygens (including phenoxy) is 1. The number of nitrogens with one attached hydrogen (secondary N) is 1. The van der Waals surface area contributed by atoms with Gasteiger partial charge in [-0.15, -0.1) is 0 Å². The Morgan fingerprint density at radius 1 is 0.963 bits per heavy atom. The van der Waals surface area contributed by atoms with Crippen LogP contribution in [0, 0.1) is 0 Å². The van der Waals surface area contributed by atoms with Gasteiger partial charge in [0.15, 0.2) is 0 Å². The molecular weight excluding hydrogens is 385 g/mol. The monoisotopic (exact) mass is 399 g/mol. The third-order valence-electron chi connectivity index (χ3n) is 4.60. The van der Waals surface area contributed by atoms with Crippen LogP contribution in [0.1, 0.15) is 17.0 Å². The molecule has 0 aliphatic heterocycles. The fraction of sp³-hybridized carbons (Fsp3) is 0.0952. The molecule has 3 aromatic carbocycles. The predicted octanol–water partition coefficient (Wildman–Crippen LogP) is 6.06. The van der Waals surface area contributed by atoms with Crippen LogP contribution in [0.25, 0.3) is 11.1 Å². The number of aromatic hydroxyl groups is 1. The van der Waals surface area contributed by atoms with E-state index < -0.39 is 6.09 Å². The van der Waals surface area contributed by atoms with Crippen molar-refractivity contribution in [3.05, 3.63) is 81.8 Å². The van der Waals surface area contributed by atoms with Gasteiger partial charge in [0.25, 0.3) is 0 Å². The summed E-state index contributed by atoms with van der Waals surface area (Å²) in [5.74, 6) is -0.114. The molecule has 0 saturated carbocycles. The van der Waals surface area contributed by atoms with Gasteiger partial charge in [0.1, 0.15) is 12.4 Å². The SMILES string of the molecule is O=C(Nc1c(Cl)cc(O)cc1Cl)OCC1c2ccccc2-c2ccccc21. The number of carbonyl (C=O) groups excluding carboxylic acids is 1. The summed E-state index contributed by atoms with van der Waals surface area (Å²) < 4.78 is 5.45. The van der Waals surface area contributed by atoms with E-state index >= 15 is 0 Å². The van der Waals surface area contributed by atoms with E-state index in [0.29, 0.717) is 0 Å². The van der Waals surface area contributed by atoms with Gasteiger partial charge in [0, 0.05) is 18.1 Å². The number of amides is 1. The maximum Gasteiger partial charge on any atom is 0.411 e. The lowest BCUT2D eigenvalue weighted by Crippen LogP contribution is -2.18. The molecule has 6 heteroatoms. The van der Waals surface area contributed by atoms with Gasteiger partial charge >= 0.3 is 6.09 Å². The fourth-order valence-electron chi connectivity index (χ4n) is 3.42. The van der Waals surface area contributed by atoms with Crippen molar-refractivity contribution < 1.29 is 14.6 Å². The highest BCUT2D eigenvalue weighted by Gasteiger charge is 2.29. The lowest BCUT2D eigenvalue weighted by atomic mass is 9.98. The van der Waals surface area contributed by atoms with Crippen molar-refractivity contribution in [2.24, 2.45) is 0 Å². The van der Waals surface area contributed by atoms with Crippen molar-refractivity contribution in [1.82, 2.24) is 0 Å².